The van der Waals surface area contributed by atoms with E-state index in [2.05, 4.69) is 0 Å². The molecule has 0 aromatic heterocycles. The van der Waals surface area contributed by atoms with Gasteiger partial charge in [0.1, 0.15) is 5.25 Å². The standard InChI is InChI=1S/C10H15ClO3S/c1-9(2)6-4-5-10(9,3)8(12)7(6)15(11,13)14/h6-7H,4-5H2,1-3H3/t6?,7?,10-/m1/s1. The summed E-state index contributed by atoms with van der Waals surface area (Å²) < 4.78 is 22.8. The number of halogens is 1. The molecule has 3 atom stereocenters. The van der Waals surface area contributed by atoms with Crippen molar-refractivity contribution in [3.63, 3.8) is 0 Å². The Morgan fingerprint density at radius 1 is 1.33 bits per heavy atom. The predicted molar refractivity (Wildman–Crippen MR) is 58.2 cm³/mol. The Morgan fingerprint density at radius 3 is 2.13 bits per heavy atom. The number of ketones is 1. The van der Waals surface area contributed by atoms with Crippen LogP contribution in [0, 0.1) is 16.7 Å². The van der Waals surface area contributed by atoms with Gasteiger partial charge in [-0.15, -0.1) is 0 Å². The summed E-state index contributed by atoms with van der Waals surface area (Å²) in [6, 6.07) is 0. The number of Topliss-reactive ketones (excluding diaryl/α,β-unsaturated/α-hetero) is 1. The molecule has 2 saturated carbocycles. The summed E-state index contributed by atoms with van der Waals surface area (Å²) in [5.74, 6) is -0.295. The Morgan fingerprint density at radius 2 is 1.87 bits per heavy atom. The van der Waals surface area contributed by atoms with Crippen molar-refractivity contribution in [2.75, 3.05) is 0 Å². The van der Waals surface area contributed by atoms with E-state index in [0.717, 1.165) is 12.8 Å². The zero-order chi connectivity index (χ0) is 11.6. The summed E-state index contributed by atoms with van der Waals surface area (Å²) in [6.45, 7) is 5.83. The van der Waals surface area contributed by atoms with Crippen LogP contribution >= 0.6 is 10.7 Å². The average molecular weight is 251 g/mol. The number of carbonyl (C=O) groups is 1. The highest BCUT2D eigenvalue weighted by Gasteiger charge is 2.69. The number of hydrogen-bond donors (Lipinski definition) is 0. The van der Waals surface area contributed by atoms with E-state index in [9.17, 15) is 13.2 Å². The summed E-state index contributed by atoms with van der Waals surface area (Å²) in [4.78, 5) is 12.1. The zero-order valence-electron chi connectivity index (χ0n) is 9.08. The van der Waals surface area contributed by atoms with Gasteiger partial charge in [0, 0.05) is 16.1 Å². The van der Waals surface area contributed by atoms with E-state index in [-0.39, 0.29) is 17.1 Å². The Bertz CT molecular complexity index is 426. The molecule has 2 bridgehead atoms. The van der Waals surface area contributed by atoms with Crippen LogP contribution in [0.1, 0.15) is 33.6 Å². The van der Waals surface area contributed by atoms with Crippen LogP contribution in [0.25, 0.3) is 0 Å². The van der Waals surface area contributed by atoms with Crippen molar-refractivity contribution in [3.8, 4) is 0 Å². The minimum atomic E-state index is -3.77. The van der Waals surface area contributed by atoms with Gasteiger partial charge < -0.3 is 0 Å². The number of rotatable bonds is 1. The monoisotopic (exact) mass is 250 g/mol. The smallest absolute Gasteiger partial charge is 0.242 e. The third-order valence-corrected chi connectivity index (χ3v) is 6.50. The predicted octanol–water partition coefficient (Wildman–Crippen LogP) is 1.95. The van der Waals surface area contributed by atoms with E-state index < -0.39 is 19.7 Å². The molecule has 0 aromatic rings. The topological polar surface area (TPSA) is 51.2 Å². The molecule has 0 saturated heterocycles. The number of carbonyl (C=O) groups excluding carboxylic acids is 1. The molecule has 0 spiro atoms. The second-order valence-corrected chi connectivity index (χ2v) is 8.21. The Balaban J connectivity index is 2.57. The third-order valence-electron chi connectivity index (χ3n) is 4.78. The van der Waals surface area contributed by atoms with Gasteiger partial charge in [0.05, 0.1) is 0 Å². The van der Waals surface area contributed by atoms with Gasteiger partial charge in [-0.2, -0.15) is 0 Å². The fourth-order valence-corrected chi connectivity index (χ4v) is 5.33. The fourth-order valence-electron chi connectivity index (χ4n) is 3.33. The van der Waals surface area contributed by atoms with E-state index in [4.69, 9.17) is 10.7 Å². The minimum Gasteiger partial charge on any atom is -0.298 e. The average Bonchev–Trinajstić information content (AvgIpc) is 2.33. The molecule has 0 heterocycles. The first-order chi connectivity index (χ1) is 6.62. The van der Waals surface area contributed by atoms with Crippen LogP contribution in [0.15, 0.2) is 0 Å². The zero-order valence-corrected chi connectivity index (χ0v) is 10.7. The molecule has 3 nitrogen and oxygen atoms in total. The molecular weight excluding hydrogens is 236 g/mol. The summed E-state index contributed by atoms with van der Waals surface area (Å²) in [5, 5.41) is -0.979. The maximum atomic E-state index is 12.1. The van der Waals surface area contributed by atoms with Gasteiger partial charge in [-0.25, -0.2) is 8.42 Å². The Kier molecular flexibility index (Phi) is 2.11. The molecule has 2 aliphatic carbocycles. The molecule has 0 aliphatic heterocycles. The van der Waals surface area contributed by atoms with Crippen LogP contribution in [0.2, 0.25) is 0 Å². The van der Waals surface area contributed by atoms with Gasteiger partial charge in [0.2, 0.25) is 9.05 Å². The van der Waals surface area contributed by atoms with Crippen LogP contribution in [-0.4, -0.2) is 19.5 Å². The van der Waals surface area contributed by atoms with Crippen LogP contribution in [-0.2, 0) is 13.8 Å². The van der Waals surface area contributed by atoms with Gasteiger partial charge in [-0.3, -0.25) is 4.79 Å². The van der Waals surface area contributed by atoms with Crippen molar-refractivity contribution in [2.45, 2.75) is 38.9 Å². The normalized spacial score (nSPS) is 43.6. The summed E-state index contributed by atoms with van der Waals surface area (Å²) in [7, 11) is 1.60. The SMILES string of the molecule is CC1(C)C2CC[C@]1(C)C(=O)C2S(=O)(=O)Cl. The van der Waals surface area contributed by atoms with Gasteiger partial charge in [0.25, 0.3) is 0 Å². The maximum absolute atomic E-state index is 12.1. The molecule has 86 valence electrons. The molecule has 2 fully saturated rings. The first-order valence-corrected chi connectivity index (χ1v) is 7.47. The van der Waals surface area contributed by atoms with Crippen molar-refractivity contribution < 1.29 is 13.2 Å². The highest BCUT2D eigenvalue weighted by Crippen LogP contribution is 2.65. The number of fused-ring (bicyclic) bond motifs is 2. The lowest BCUT2D eigenvalue weighted by molar-refractivity contribution is -0.127. The van der Waals surface area contributed by atoms with Crippen LogP contribution in [0.5, 0.6) is 0 Å². The molecule has 0 radical (unpaired) electrons. The van der Waals surface area contributed by atoms with Crippen molar-refractivity contribution >= 4 is 25.5 Å². The molecule has 15 heavy (non-hydrogen) atoms. The Hall–Kier alpha value is -0.0900. The lowest BCUT2D eigenvalue weighted by Crippen LogP contribution is -2.37. The third kappa shape index (κ3) is 1.18. The van der Waals surface area contributed by atoms with Gasteiger partial charge >= 0.3 is 0 Å². The molecule has 2 unspecified atom stereocenters. The van der Waals surface area contributed by atoms with Crippen molar-refractivity contribution in [3.05, 3.63) is 0 Å². The van der Waals surface area contributed by atoms with Crippen LogP contribution in [0.3, 0.4) is 0 Å². The largest absolute Gasteiger partial charge is 0.298 e. The van der Waals surface area contributed by atoms with Gasteiger partial charge in [0.15, 0.2) is 5.78 Å². The molecule has 0 amide bonds. The lowest BCUT2D eigenvalue weighted by atomic mass is 9.70. The maximum Gasteiger partial charge on any atom is 0.242 e. The quantitative estimate of drug-likeness (QED) is 0.669. The summed E-state index contributed by atoms with van der Waals surface area (Å²) >= 11 is 0. The first-order valence-electron chi connectivity index (χ1n) is 5.10. The fraction of sp³-hybridized carbons (Fsp3) is 0.900. The number of hydrogen-bond acceptors (Lipinski definition) is 3. The minimum absolute atomic E-state index is 0.113. The molecule has 0 N–H and O–H groups in total. The van der Waals surface area contributed by atoms with Crippen molar-refractivity contribution in [2.24, 2.45) is 16.7 Å². The summed E-state index contributed by atoms with van der Waals surface area (Å²) in [6.07, 6.45) is 1.57. The van der Waals surface area contributed by atoms with Crippen molar-refractivity contribution in [1.82, 2.24) is 0 Å². The molecular formula is C10H15ClO3S. The molecule has 2 rings (SSSR count). The molecule has 0 aromatic carbocycles. The molecule has 5 heteroatoms. The first kappa shape index (κ1) is 11.4. The van der Waals surface area contributed by atoms with E-state index in [1.165, 1.54) is 0 Å². The van der Waals surface area contributed by atoms with E-state index in [1.54, 1.807) is 0 Å². The van der Waals surface area contributed by atoms with E-state index in [1.807, 2.05) is 20.8 Å². The second kappa shape index (κ2) is 2.77. The van der Waals surface area contributed by atoms with Crippen molar-refractivity contribution in [1.29, 1.82) is 0 Å². The highest BCUT2D eigenvalue weighted by molar-refractivity contribution is 8.14. The summed E-state index contributed by atoms with van der Waals surface area (Å²) in [5.41, 5.74) is -0.763. The highest BCUT2D eigenvalue weighted by atomic mass is 35.7. The van der Waals surface area contributed by atoms with Crippen LogP contribution in [0.4, 0.5) is 0 Å². The second-order valence-electron chi connectivity index (χ2n) is 5.46. The van der Waals surface area contributed by atoms with E-state index >= 15 is 0 Å². The van der Waals surface area contributed by atoms with Gasteiger partial charge in [-0.05, 0) is 24.2 Å². The Labute approximate surface area is 94.6 Å². The lowest BCUT2D eigenvalue weighted by Gasteiger charge is -2.32. The van der Waals surface area contributed by atoms with Gasteiger partial charge in [-0.1, -0.05) is 20.8 Å². The molecule has 2 aliphatic rings. The van der Waals surface area contributed by atoms with Crippen LogP contribution < -0.4 is 0 Å². The van der Waals surface area contributed by atoms with E-state index in [0.29, 0.717) is 0 Å².